The van der Waals surface area contributed by atoms with E-state index < -0.39 is 21.0 Å². The van der Waals surface area contributed by atoms with Gasteiger partial charge in [0.2, 0.25) is 6.29 Å². The third-order valence-corrected chi connectivity index (χ3v) is 5.25. The topological polar surface area (TPSA) is 51.2 Å². The first-order chi connectivity index (χ1) is 8.45. The zero-order chi connectivity index (χ0) is 13.6. The first-order valence-electron chi connectivity index (χ1n) is 6.09. The molecule has 0 spiro atoms. The molecular formula is C14H19O3S. The maximum Gasteiger partial charge on any atom is 0.202 e. The van der Waals surface area contributed by atoms with E-state index in [2.05, 4.69) is 0 Å². The fourth-order valence-corrected chi connectivity index (χ4v) is 2.82. The summed E-state index contributed by atoms with van der Waals surface area (Å²) in [5.41, 5.74) is 1.11. The molecule has 0 heterocycles. The number of rotatable bonds is 7. The molecule has 0 aliphatic rings. The van der Waals surface area contributed by atoms with E-state index in [1.807, 2.05) is 36.6 Å². The minimum atomic E-state index is -3.18. The highest BCUT2D eigenvalue weighted by Gasteiger charge is 2.22. The third kappa shape index (κ3) is 4.61. The number of hydrogen-bond donors (Lipinski definition) is 0. The first kappa shape index (κ1) is 14.9. The smallest absolute Gasteiger partial charge is 0.202 e. The molecule has 0 saturated heterocycles. The van der Waals surface area contributed by atoms with E-state index in [1.165, 1.54) is 0 Å². The van der Waals surface area contributed by atoms with Crippen LogP contribution in [-0.4, -0.2) is 25.7 Å². The summed E-state index contributed by atoms with van der Waals surface area (Å²) in [5, 5.41) is -0.440. The Balaban J connectivity index is 2.56. The Bertz CT molecular complexity index is 463. The van der Waals surface area contributed by atoms with Crippen LogP contribution in [0.2, 0.25) is 0 Å². The molecule has 0 saturated carbocycles. The van der Waals surface area contributed by atoms with Gasteiger partial charge >= 0.3 is 0 Å². The highest BCUT2D eigenvalue weighted by Crippen LogP contribution is 2.13. The lowest BCUT2D eigenvalue weighted by Gasteiger charge is -2.12. The third-order valence-electron chi connectivity index (χ3n) is 2.94. The van der Waals surface area contributed by atoms with Gasteiger partial charge in [0.05, 0.1) is 11.0 Å². The van der Waals surface area contributed by atoms with Gasteiger partial charge in [0, 0.05) is 5.92 Å². The average Bonchev–Trinajstić information content (AvgIpc) is 2.35. The van der Waals surface area contributed by atoms with Crippen molar-refractivity contribution in [1.29, 1.82) is 0 Å². The minimum absolute atomic E-state index is 0.0962. The second kappa shape index (κ2) is 6.69. The van der Waals surface area contributed by atoms with Gasteiger partial charge in [-0.3, -0.25) is 4.79 Å². The summed E-state index contributed by atoms with van der Waals surface area (Å²) in [6.07, 6.45) is 3.08. The van der Waals surface area contributed by atoms with E-state index in [1.54, 1.807) is 13.8 Å². The lowest BCUT2D eigenvalue weighted by molar-refractivity contribution is 0.513. The quantitative estimate of drug-likeness (QED) is 0.760. The number of carbonyl (C=O) groups excluding carboxylic acids is 1. The van der Waals surface area contributed by atoms with Gasteiger partial charge in [-0.05, 0) is 32.3 Å². The highest BCUT2D eigenvalue weighted by molar-refractivity contribution is 7.92. The summed E-state index contributed by atoms with van der Waals surface area (Å²) < 4.78 is 23.5. The van der Waals surface area contributed by atoms with Crippen molar-refractivity contribution in [2.45, 2.75) is 31.9 Å². The lowest BCUT2D eigenvalue weighted by Crippen LogP contribution is -2.24. The summed E-state index contributed by atoms with van der Waals surface area (Å²) >= 11 is 0. The van der Waals surface area contributed by atoms with E-state index in [9.17, 15) is 13.2 Å². The van der Waals surface area contributed by atoms with Crippen molar-refractivity contribution in [2.75, 3.05) is 5.75 Å². The molecule has 1 aromatic rings. The summed E-state index contributed by atoms with van der Waals surface area (Å²) in [5.74, 6) is -0.626. The van der Waals surface area contributed by atoms with Gasteiger partial charge in [0.25, 0.3) is 0 Å². The Hall–Kier alpha value is -1.16. The molecule has 0 fully saturated rings. The van der Waals surface area contributed by atoms with Crippen molar-refractivity contribution >= 4 is 16.1 Å². The Morgan fingerprint density at radius 3 is 2.28 bits per heavy atom. The van der Waals surface area contributed by atoms with Crippen molar-refractivity contribution in [3.05, 3.63) is 35.9 Å². The molecule has 0 bridgehead atoms. The molecule has 0 N–H and O–H groups in total. The van der Waals surface area contributed by atoms with Gasteiger partial charge in [-0.25, -0.2) is 8.42 Å². The van der Waals surface area contributed by atoms with Gasteiger partial charge in [-0.1, -0.05) is 30.3 Å². The molecule has 0 aliphatic carbocycles. The molecular weight excluding hydrogens is 248 g/mol. The molecule has 18 heavy (non-hydrogen) atoms. The van der Waals surface area contributed by atoms with Crippen LogP contribution < -0.4 is 0 Å². The van der Waals surface area contributed by atoms with Gasteiger partial charge in [0.15, 0.2) is 9.84 Å². The summed E-state index contributed by atoms with van der Waals surface area (Å²) in [7, 11) is -3.18. The van der Waals surface area contributed by atoms with E-state index in [0.29, 0.717) is 12.8 Å². The van der Waals surface area contributed by atoms with Gasteiger partial charge in [-0.2, -0.15) is 0 Å². The van der Waals surface area contributed by atoms with Crippen LogP contribution in [0.25, 0.3) is 0 Å². The van der Waals surface area contributed by atoms with Crippen LogP contribution in [0.3, 0.4) is 0 Å². The standard InChI is InChI=1S/C14H19O3S/c1-12(2)18(16,17)11-14(10-15)9-8-13-6-4-3-5-7-13/h3-7,12,14H,8-9,11H2,1-2H3/t14-/m0/s1. The average molecular weight is 267 g/mol. The first-order valence-corrected chi connectivity index (χ1v) is 7.80. The maximum absolute atomic E-state index is 11.7. The molecule has 0 amide bonds. The van der Waals surface area contributed by atoms with Crippen LogP contribution in [0.5, 0.6) is 0 Å². The van der Waals surface area contributed by atoms with Crippen molar-refractivity contribution in [1.82, 2.24) is 0 Å². The number of hydrogen-bond acceptors (Lipinski definition) is 3. The fourth-order valence-electron chi connectivity index (χ4n) is 1.63. The minimum Gasteiger partial charge on any atom is -0.291 e. The molecule has 1 aromatic carbocycles. The molecule has 3 nitrogen and oxygen atoms in total. The molecule has 4 heteroatoms. The molecule has 0 aromatic heterocycles. The van der Waals surface area contributed by atoms with Crippen LogP contribution in [0, 0.1) is 5.92 Å². The van der Waals surface area contributed by atoms with Crippen LogP contribution in [0.15, 0.2) is 30.3 Å². The molecule has 0 aliphatic heterocycles. The molecule has 0 unspecified atom stereocenters. The van der Waals surface area contributed by atoms with Crippen molar-refractivity contribution in [3.63, 3.8) is 0 Å². The maximum atomic E-state index is 11.7. The SMILES string of the molecule is CC(C)S(=O)(=O)C[C@H]([C]=O)CCc1ccccc1. The Morgan fingerprint density at radius 2 is 1.78 bits per heavy atom. The van der Waals surface area contributed by atoms with E-state index in [4.69, 9.17) is 0 Å². The van der Waals surface area contributed by atoms with E-state index in [0.717, 1.165) is 5.56 Å². The van der Waals surface area contributed by atoms with Crippen LogP contribution in [-0.2, 0) is 21.1 Å². The van der Waals surface area contributed by atoms with Gasteiger partial charge in [0.1, 0.15) is 0 Å². The highest BCUT2D eigenvalue weighted by atomic mass is 32.2. The number of benzene rings is 1. The lowest BCUT2D eigenvalue weighted by atomic mass is 10.0. The van der Waals surface area contributed by atoms with Crippen LogP contribution in [0.1, 0.15) is 25.8 Å². The predicted molar refractivity (Wildman–Crippen MR) is 72.9 cm³/mol. The normalized spacial score (nSPS) is 13.5. The summed E-state index contributed by atoms with van der Waals surface area (Å²) in [4.78, 5) is 10.8. The second-order valence-corrected chi connectivity index (χ2v) is 7.32. The Kier molecular flexibility index (Phi) is 5.54. The predicted octanol–water partition coefficient (Wildman–Crippen LogP) is 2.17. The Labute approximate surface area is 109 Å². The van der Waals surface area contributed by atoms with Gasteiger partial charge in [-0.15, -0.1) is 0 Å². The number of aryl methyl sites for hydroxylation is 1. The van der Waals surface area contributed by atoms with Crippen molar-refractivity contribution in [3.8, 4) is 0 Å². The van der Waals surface area contributed by atoms with Gasteiger partial charge < -0.3 is 0 Å². The second-order valence-electron chi connectivity index (χ2n) is 4.72. The monoisotopic (exact) mass is 267 g/mol. The van der Waals surface area contributed by atoms with E-state index >= 15 is 0 Å². The fraction of sp³-hybridized carbons (Fsp3) is 0.500. The zero-order valence-corrected chi connectivity index (χ0v) is 11.6. The Morgan fingerprint density at radius 1 is 1.17 bits per heavy atom. The number of sulfone groups is 1. The van der Waals surface area contributed by atoms with Crippen molar-refractivity contribution in [2.24, 2.45) is 5.92 Å². The molecule has 99 valence electrons. The summed E-state index contributed by atoms with van der Waals surface area (Å²) in [6, 6.07) is 9.73. The molecule has 1 rings (SSSR count). The molecule has 1 radical (unpaired) electrons. The van der Waals surface area contributed by atoms with Crippen molar-refractivity contribution < 1.29 is 13.2 Å². The van der Waals surface area contributed by atoms with Crippen LogP contribution in [0.4, 0.5) is 0 Å². The van der Waals surface area contributed by atoms with Crippen LogP contribution >= 0.6 is 0 Å². The molecule has 1 atom stereocenters. The largest absolute Gasteiger partial charge is 0.291 e. The summed E-state index contributed by atoms with van der Waals surface area (Å²) in [6.45, 7) is 3.27. The van der Waals surface area contributed by atoms with E-state index in [-0.39, 0.29) is 5.75 Å². The zero-order valence-electron chi connectivity index (χ0n) is 10.8.